The quantitative estimate of drug-likeness (QED) is 0.680. The fraction of sp³-hybridized carbons (Fsp3) is 0.286. The van der Waals surface area contributed by atoms with Crippen molar-refractivity contribution in [2.45, 2.75) is 26.9 Å². The Kier molecular flexibility index (Phi) is 5.63. The first-order chi connectivity index (χ1) is 13.4. The highest BCUT2D eigenvalue weighted by Gasteiger charge is 2.20. The number of ether oxygens (including phenoxy) is 1. The minimum absolute atomic E-state index is 0.190. The van der Waals surface area contributed by atoms with Crippen molar-refractivity contribution in [2.24, 2.45) is 0 Å². The van der Waals surface area contributed by atoms with Crippen LogP contribution in [0, 0.1) is 6.92 Å². The monoisotopic (exact) mass is 381 g/mol. The zero-order valence-electron chi connectivity index (χ0n) is 16.2. The molecule has 3 rings (SSSR count). The molecule has 0 unspecified atom stereocenters. The molecule has 28 heavy (non-hydrogen) atoms. The molecule has 0 spiro atoms. The van der Waals surface area contributed by atoms with Gasteiger partial charge in [-0.05, 0) is 49.7 Å². The van der Waals surface area contributed by atoms with E-state index < -0.39 is 5.97 Å². The van der Waals surface area contributed by atoms with Gasteiger partial charge in [0.2, 0.25) is 0 Å². The molecule has 7 heteroatoms. The van der Waals surface area contributed by atoms with Crippen molar-refractivity contribution in [1.82, 2.24) is 14.5 Å². The van der Waals surface area contributed by atoms with Gasteiger partial charge in [-0.25, -0.2) is 4.98 Å². The van der Waals surface area contributed by atoms with Crippen LogP contribution in [0.4, 0.5) is 0 Å². The fourth-order valence-electron chi connectivity index (χ4n) is 3.28. The van der Waals surface area contributed by atoms with Gasteiger partial charge >= 0.3 is 5.97 Å². The second-order valence-corrected chi connectivity index (χ2v) is 6.51. The first kappa shape index (κ1) is 19.4. The highest BCUT2D eigenvalue weighted by molar-refractivity contribution is 5.98. The number of methoxy groups -OCH3 is 1. The van der Waals surface area contributed by atoms with Crippen LogP contribution in [0.1, 0.15) is 28.7 Å². The van der Waals surface area contributed by atoms with Crippen molar-refractivity contribution in [2.75, 3.05) is 13.7 Å². The second-order valence-electron chi connectivity index (χ2n) is 6.51. The van der Waals surface area contributed by atoms with Crippen molar-refractivity contribution in [1.29, 1.82) is 0 Å². The summed E-state index contributed by atoms with van der Waals surface area (Å²) < 4.78 is 7.20. The third kappa shape index (κ3) is 3.98. The molecular formula is C21H23N3O4. The summed E-state index contributed by atoms with van der Waals surface area (Å²) in [6.45, 7) is 4.56. The number of benzene rings is 2. The Labute approximate surface area is 163 Å². The summed E-state index contributed by atoms with van der Waals surface area (Å²) in [7, 11) is 1.58. The molecule has 146 valence electrons. The third-order valence-corrected chi connectivity index (χ3v) is 4.65. The van der Waals surface area contributed by atoms with E-state index in [1.54, 1.807) is 31.4 Å². The number of aliphatic carboxylic acids is 1. The smallest absolute Gasteiger partial charge is 0.323 e. The lowest BCUT2D eigenvalue weighted by atomic mass is 10.1. The molecule has 1 N–H and O–H groups in total. The molecule has 1 heterocycles. The van der Waals surface area contributed by atoms with Crippen molar-refractivity contribution < 1.29 is 19.4 Å². The number of rotatable bonds is 7. The molecule has 0 aliphatic carbocycles. The number of carbonyl (C=O) groups excluding carboxylic acids is 1. The van der Waals surface area contributed by atoms with Gasteiger partial charge < -0.3 is 19.3 Å². The topological polar surface area (TPSA) is 84.7 Å². The molecule has 0 aliphatic heterocycles. The minimum atomic E-state index is -1.06. The molecule has 1 aromatic heterocycles. The molecule has 1 amide bonds. The van der Waals surface area contributed by atoms with E-state index in [2.05, 4.69) is 9.55 Å². The van der Waals surface area contributed by atoms with Crippen LogP contribution in [0.15, 0.2) is 42.5 Å². The lowest BCUT2D eigenvalue weighted by Crippen LogP contribution is -2.35. The Balaban J connectivity index is 1.89. The second kappa shape index (κ2) is 8.12. The largest absolute Gasteiger partial charge is 0.497 e. The first-order valence-electron chi connectivity index (χ1n) is 9.03. The number of carbonyl (C=O) groups is 2. The number of aryl methyl sites for hydroxylation is 2. The number of fused-ring (bicyclic) bond motifs is 1. The van der Waals surface area contributed by atoms with Gasteiger partial charge in [-0.2, -0.15) is 0 Å². The number of carboxylic acids is 1. The molecule has 0 aliphatic rings. The maximum Gasteiger partial charge on any atom is 0.323 e. The van der Waals surface area contributed by atoms with E-state index in [-0.39, 0.29) is 19.0 Å². The summed E-state index contributed by atoms with van der Waals surface area (Å²) in [5, 5.41) is 9.25. The lowest BCUT2D eigenvalue weighted by Gasteiger charge is -2.21. The van der Waals surface area contributed by atoms with Crippen molar-refractivity contribution in [3.05, 3.63) is 59.4 Å². The van der Waals surface area contributed by atoms with E-state index in [0.717, 1.165) is 29.0 Å². The molecule has 2 aromatic carbocycles. The van der Waals surface area contributed by atoms with Gasteiger partial charge in [-0.1, -0.05) is 12.1 Å². The average molecular weight is 381 g/mol. The standard InChI is InChI=1S/C21H23N3O4/c1-4-24-14(2)22-18-11-16(7-10-19(18)24)21(27)23(13-20(25)26)12-15-5-8-17(28-3)9-6-15/h5-11H,4,12-13H2,1-3H3,(H,25,26). The number of amides is 1. The predicted molar refractivity (Wildman–Crippen MR) is 106 cm³/mol. The molecular weight excluding hydrogens is 358 g/mol. The molecule has 0 radical (unpaired) electrons. The van der Waals surface area contributed by atoms with Gasteiger partial charge in [0.25, 0.3) is 5.91 Å². The molecule has 0 atom stereocenters. The van der Waals surface area contributed by atoms with E-state index in [9.17, 15) is 14.7 Å². The zero-order valence-corrected chi connectivity index (χ0v) is 16.2. The van der Waals surface area contributed by atoms with Crippen molar-refractivity contribution in [3.8, 4) is 5.75 Å². The first-order valence-corrected chi connectivity index (χ1v) is 9.03. The molecule has 0 bridgehead atoms. The Hall–Kier alpha value is -3.35. The molecule has 3 aromatic rings. The minimum Gasteiger partial charge on any atom is -0.497 e. The Morgan fingerprint density at radius 1 is 1.18 bits per heavy atom. The molecule has 7 nitrogen and oxygen atoms in total. The number of hydrogen-bond donors (Lipinski definition) is 1. The maximum atomic E-state index is 13.0. The summed E-state index contributed by atoms with van der Waals surface area (Å²) in [6.07, 6.45) is 0. The van der Waals surface area contributed by atoms with E-state index in [1.807, 2.05) is 32.0 Å². The van der Waals surface area contributed by atoms with Gasteiger partial charge in [0.15, 0.2) is 0 Å². The number of carboxylic acid groups (broad SMARTS) is 1. The van der Waals surface area contributed by atoms with Crippen LogP contribution in [0.5, 0.6) is 5.75 Å². The Morgan fingerprint density at radius 3 is 2.50 bits per heavy atom. The number of imidazole rings is 1. The summed E-state index contributed by atoms with van der Waals surface area (Å²) >= 11 is 0. The van der Waals surface area contributed by atoms with Crippen LogP contribution in [-0.2, 0) is 17.9 Å². The SMILES string of the molecule is CCn1c(C)nc2cc(C(=O)N(CC(=O)O)Cc3ccc(OC)cc3)ccc21. The Morgan fingerprint density at radius 2 is 1.89 bits per heavy atom. The molecule has 0 fully saturated rings. The summed E-state index contributed by atoms with van der Waals surface area (Å²) in [4.78, 5) is 30.1. The van der Waals surface area contributed by atoms with E-state index >= 15 is 0 Å². The van der Waals surface area contributed by atoms with Gasteiger partial charge in [0, 0.05) is 18.7 Å². The van der Waals surface area contributed by atoms with E-state index in [4.69, 9.17) is 4.74 Å². The Bertz CT molecular complexity index is 1010. The molecule has 0 saturated carbocycles. The van der Waals surface area contributed by atoms with Crippen LogP contribution >= 0.6 is 0 Å². The van der Waals surface area contributed by atoms with Crippen LogP contribution in [0.3, 0.4) is 0 Å². The van der Waals surface area contributed by atoms with Crippen molar-refractivity contribution >= 4 is 22.9 Å². The lowest BCUT2D eigenvalue weighted by molar-refractivity contribution is -0.137. The van der Waals surface area contributed by atoms with E-state index in [0.29, 0.717) is 11.3 Å². The van der Waals surface area contributed by atoms with Crippen LogP contribution in [0.25, 0.3) is 11.0 Å². The van der Waals surface area contributed by atoms with Crippen LogP contribution in [0.2, 0.25) is 0 Å². The maximum absolute atomic E-state index is 13.0. The van der Waals surface area contributed by atoms with Crippen LogP contribution in [-0.4, -0.2) is 45.1 Å². The number of aromatic nitrogens is 2. The fourth-order valence-corrected chi connectivity index (χ4v) is 3.28. The summed E-state index contributed by atoms with van der Waals surface area (Å²) in [6, 6.07) is 12.5. The molecule has 0 saturated heterocycles. The zero-order chi connectivity index (χ0) is 20.3. The highest BCUT2D eigenvalue weighted by Crippen LogP contribution is 2.20. The predicted octanol–water partition coefficient (Wildman–Crippen LogP) is 3.10. The highest BCUT2D eigenvalue weighted by atomic mass is 16.5. The van der Waals surface area contributed by atoms with Crippen LogP contribution < -0.4 is 4.74 Å². The summed E-state index contributed by atoms with van der Waals surface area (Å²) in [5.74, 6) is 0.174. The average Bonchev–Trinajstić information content (AvgIpc) is 3.01. The van der Waals surface area contributed by atoms with E-state index in [1.165, 1.54) is 4.90 Å². The normalized spacial score (nSPS) is 10.8. The van der Waals surface area contributed by atoms with Crippen molar-refractivity contribution in [3.63, 3.8) is 0 Å². The van der Waals surface area contributed by atoms with Gasteiger partial charge in [0.05, 0.1) is 18.1 Å². The van der Waals surface area contributed by atoms with Gasteiger partial charge in [0.1, 0.15) is 18.1 Å². The third-order valence-electron chi connectivity index (χ3n) is 4.65. The number of hydrogen-bond acceptors (Lipinski definition) is 4. The summed E-state index contributed by atoms with van der Waals surface area (Å²) in [5.41, 5.74) is 2.92. The number of nitrogens with zero attached hydrogens (tertiary/aromatic N) is 3. The van der Waals surface area contributed by atoms with Gasteiger partial charge in [-0.15, -0.1) is 0 Å². The van der Waals surface area contributed by atoms with Gasteiger partial charge in [-0.3, -0.25) is 9.59 Å².